The van der Waals surface area contributed by atoms with E-state index in [0.717, 1.165) is 25.0 Å². The van der Waals surface area contributed by atoms with Crippen LogP contribution in [-0.2, 0) is 19.3 Å². The number of aromatic nitrogens is 8. The predicted octanol–water partition coefficient (Wildman–Crippen LogP) is 2.19. The quantitative estimate of drug-likeness (QED) is 0.676. The minimum Gasteiger partial charge on any atom is -0.228 e. The zero-order valence-electron chi connectivity index (χ0n) is 13.3. The number of halogens is 3. The minimum absolute atomic E-state index is 0.110. The Morgan fingerprint density at radius 2 is 1.96 bits per heavy atom. The van der Waals surface area contributed by atoms with E-state index in [-0.39, 0.29) is 17.9 Å². The number of nitrogens with zero attached hydrogens (tertiary/aromatic N) is 8. The number of hydrogen-bond donors (Lipinski definition) is 0. The third-order valence-electron chi connectivity index (χ3n) is 3.51. The Morgan fingerprint density at radius 3 is 2.72 bits per heavy atom. The zero-order chi connectivity index (χ0) is 17.9. The molecule has 1 aromatic carbocycles. The van der Waals surface area contributed by atoms with Crippen LogP contribution in [0.2, 0.25) is 0 Å². The lowest BCUT2D eigenvalue weighted by molar-refractivity contribution is -0.137. The highest BCUT2D eigenvalue weighted by molar-refractivity contribution is 5.55. The zero-order valence-corrected chi connectivity index (χ0v) is 13.3. The number of unbranched alkanes of at least 4 members (excludes halogenated alkanes) is 1. The van der Waals surface area contributed by atoms with E-state index in [0.29, 0.717) is 12.4 Å². The van der Waals surface area contributed by atoms with E-state index in [4.69, 9.17) is 0 Å². The second-order valence-corrected chi connectivity index (χ2v) is 5.39. The van der Waals surface area contributed by atoms with Gasteiger partial charge in [0.1, 0.15) is 6.54 Å². The molecule has 2 aromatic heterocycles. The standard InChI is InChI=1S/C14H15F3N8/c1-2-3-7-24-12(18-21-23-24)9-25-20-13(19-22-25)10-5-4-6-11(8-10)14(15,16)17/h4-6,8H,2-3,7,9H2,1H3. The van der Waals surface area contributed by atoms with E-state index in [2.05, 4.69) is 37.9 Å². The molecular formula is C14H15F3N8. The van der Waals surface area contributed by atoms with Gasteiger partial charge in [-0.1, -0.05) is 25.5 Å². The number of benzene rings is 1. The van der Waals surface area contributed by atoms with Crippen molar-refractivity contribution in [2.75, 3.05) is 0 Å². The molecule has 0 atom stereocenters. The molecule has 8 nitrogen and oxygen atoms in total. The Kier molecular flexibility index (Phi) is 4.72. The molecule has 0 N–H and O–H groups in total. The molecule has 0 saturated heterocycles. The SMILES string of the molecule is CCCCn1nnnc1Cn1nnc(-c2cccc(C(F)(F)F)c2)n1. The molecule has 132 valence electrons. The number of hydrogen-bond acceptors (Lipinski definition) is 6. The summed E-state index contributed by atoms with van der Waals surface area (Å²) in [5.41, 5.74) is -0.517. The van der Waals surface area contributed by atoms with Gasteiger partial charge >= 0.3 is 6.18 Å². The first kappa shape index (κ1) is 17.0. The minimum atomic E-state index is -4.42. The van der Waals surface area contributed by atoms with Gasteiger partial charge in [0.2, 0.25) is 5.82 Å². The first-order valence-electron chi connectivity index (χ1n) is 7.68. The van der Waals surface area contributed by atoms with Gasteiger partial charge in [-0.05, 0) is 34.2 Å². The highest BCUT2D eigenvalue weighted by Gasteiger charge is 2.30. The van der Waals surface area contributed by atoms with Gasteiger partial charge in [0.05, 0.1) is 5.56 Å². The summed E-state index contributed by atoms with van der Waals surface area (Å²) < 4.78 is 40.1. The van der Waals surface area contributed by atoms with Crippen LogP contribution >= 0.6 is 0 Å². The van der Waals surface area contributed by atoms with Gasteiger partial charge < -0.3 is 0 Å². The summed E-state index contributed by atoms with van der Waals surface area (Å²) in [5, 5.41) is 23.2. The molecule has 0 unspecified atom stereocenters. The molecule has 0 radical (unpaired) electrons. The van der Waals surface area contributed by atoms with Gasteiger partial charge in [0.15, 0.2) is 5.82 Å². The summed E-state index contributed by atoms with van der Waals surface area (Å²) in [6, 6.07) is 4.80. The maximum absolute atomic E-state index is 12.8. The Hall–Kier alpha value is -2.85. The Balaban J connectivity index is 1.78. The molecule has 0 saturated carbocycles. The molecule has 3 aromatic rings. The van der Waals surface area contributed by atoms with Crippen LogP contribution in [0.1, 0.15) is 31.2 Å². The van der Waals surface area contributed by atoms with Crippen LogP contribution in [0.25, 0.3) is 11.4 Å². The third kappa shape index (κ3) is 3.98. The lowest BCUT2D eigenvalue weighted by Gasteiger charge is -2.06. The van der Waals surface area contributed by atoms with Crippen molar-refractivity contribution < 1.29 is 13.2 Å². The van der Waals surface area contributed by atoms with Crippen molar-refractivity contribution in [2.24, 2.45) is 0 Å². The van der Waals surface area contributed by atoms with Crippen LogP contribution in [0.4, 0.5) is 13.2 Å². The predicted molar refractivity (Wildman–Crippen MR) is 80.1 cm³/mol. The fourth-order valence-corrected chi connectivity index (χ4v) is 2.20. The molecule has 11 heteroatoms. The summed E-state index contributed by atoms with van der Waals surface area (Å²) in [6.07, 6.45) is -2.49. The Morgan fingerprint density at radius 1 is 1.12 bits per heavy atom. The van der Waals surface area contributed by atoms with E-state index in [1.165, 1.54) is 16.9 Å². The summed E-state index contributed by atoms with van der Waals surface area (Å²) in [6.45, 7) is 2.92. The van der Waals surface area contributed by atoms with E-state index in [9.17, 15) is 13.2 Å². The molecular weight excluding hydrogens is 337 g/mol. The van der Waals surface area contributed by atoms with Crippen LogP contribution in [0.3, 0.4) is 0 Å². The molecule has 0 bridgehead atoms. The Bertz CT molecular complexity index is 838. The molecule has 0 aliphatic rings. The number of aryl methyl sites for hydroxylation is 1. The van der Waals surface area contributed by atoms with Crippen LogP contribution < -0.4 is 0 Å². The second-order valence-electron chi connectivity index (χ2n) is 5.39. The second kappa shape index (κ2) is 6.95. The lowest BCUT2D eigenvalue weighted by atomic mass is 10.1. The van der Waals surface area contributed by atoms with Gasteiger partial charge in [-0.25, -0.2) is 4.68 Å². The third-order valence-corrected chi connectivity index (χ3v) is 3.51. The van der Waals surface area contributed by atoms with Crippen LogP contribution in [-0.4, -0.2) is 40.4 Å². The molecule has 0 fully saturated rings. The van der Waals surface area contributed by atoms with E-state index >= 15 is 0 Å². The fraction of sp³-hybridized carbons (Fsp3) is 0.429. The highest BCUT2D eigenvalue weighted by atomic mass is 19.4. The number of tetrazole rings is 2. The van der Waals surface area contributed by atoms with Crippen molar-refractivity contribution >= 4 is 0 Å². The van der Waals surface area contributed by atoms with Crippen LogP contribution in [0.5, 0.6) is 0 Å². The van der Waals surface area contributed by atoms with Gasteiger partial charge in [0.25, 0.3) is 0 Å². The van der Waals surface area contributed by atoms with E-state index < -0.39 is 11.7 Å². The summed E-state index contributed by atoms with van der Waals surface area (Å²) in [7, 11) is 0. The average molecular weight is 352 g/mol. The topological polar surface area (TPSA) is 87.2 Å². The summed E-state index contributed by atoms with van der Waals surface area (Å²) >= 11 is 0. The van der Waals surface area contributed by atoms with Gasteiger partial charge in [-0.2, -0.15) is 18.0 Å². The molecule has 0 amide bonds. The van der Waals surface area contributed by atoms with Crippen molar-refractivity contribution in [3.8, 4) is 11.4 Å². The molecule has 0 spiro atoms. The summed E-state index contributed by atoms with van der Waals surface area (Å²) in [5.74, 6) is 0.667. The average Bonchev–Trinajstić information content (AvgIpc) is 3.22. The van der Waals surface area contributed by atoms with Gasteiger partial charge in [-0.15, -0.1) is 15.3 Å². The molecule has 25 heavy (non-hydrogen) atoms. The van der Waals surface area contributed by atoms with Crippen LogP contribution in [0.15, 0.2) is 24.3 Å². The highest BCUT2D eigenvalue weighted by Crippen LogP contribution is 2.31. The van der Waals surface area contributed by atoms with Gasteiger partial charge in [-0.3, -0.25) is 0 Å². The van der Waals surface area contributed by atoms with E-state index in [1.54, 1.807) is 4.68 Å². The monoisotopic (exact) mass is 352 g/mol. The summed E-state index contributed by atoms with van der Waals surface area (Å²) in [4.78, 5) is 1.25. The van der Waals surface area contributed by atoms with Crippen molar-refractivity contribution in [1.29, 1.82) is 0 Å². The van der Waals surface area contributed by atoms with Crippen molar-refractivity contribution in [2.45, 2.75) is 39.0 Å². The largest absolute Gasteiger partial charge is 0.416 e. The molecule has 0 aliphatic carbocycles. The first-order chi connectivity index (χ1) is 12.0. The Labute approximate surface area is 140 Å². The number of rotatable bonds is 6. The van der Waals surface area contributed by atoms with Crippen molar-refractivity contribution in [3.05, 3.63) is 35.7 Å². The maximum atomic E-state index is 12.8. The lowest BCUT2D eigenvalue weighted by Crippen LogP contribution is -2.12. The molecule has 2 heterocycles. The van der Waals surface area contributed by atoms with Gasteiger partial charge in [0, 0.05) is 12.1 Å². The smallest absolute Gasteiger partial charge is 0.228 e. The molecule has 3 rings (SSSR count). The normalized spacial score (nSPS) is 11.8. The van der Waals surface area contributed by atoms with Crippen molar-refractivity contribution in [3.63, 3.8) is 0 Å². The maximum Gasteiger partial charge on any atom is 0.416 e. The number of alkyl halides is 3. The first-order valence-corrected chi connectivity index (χ1v) is 7.68. The van der Waals surface area contributed by atoms with Crippen molar-refractivity contribution in [1.82, 2.24) is 40.4 Å². The fourth-order valence-electron chi connectivity index (χ4n) is 2.20. The van der Waals surface area contributed by atoms with Crippen LogP contribution in [0, 0.1) is 0 Å². The van der Waals surface area contributed by atoms with E-state index in [1.807, 2.05) is 0 Å². The molecule has 0 aliphatic heterocycles.